The molecular formula is C20H37NO5. The van der Waals surface area contributed by atoms with E-state index in [1.54, 1.807) is 12.2 Å². The van der Waals surface area contributed by atoms with Crippen LogP contribution in [0, 0.1) is 5.92 Å². The molecule has 0 aliphatic heterocycles. The maximum absolute atomic E-state index is 11.8. The van der Waals surface area contributed by atoms with Crippen LogP contribution in [0.1, 0.15) is 66.7 Å². The molecular weight excluding hydrogens is 334 g/mol. The predicted molar refractivity (Wildman–Crippen MR) is 104 cm³/mol. The lowest BCUT2D eigenvalue weighted by molar-refractivity contribution is -0.127. The van der Waals surface area contributed by atoms with Crippen LogP contribution in [-0.4, -0.2) is 44.4 Å². The monoisotopic (exact) mass is 371 g/mol. The van der Waals surface area contributed by atoms with Crippen LogP contribution >= 0.6 is 0 Å². The summed E-state index contributed by atoms with van der Waals surface area (Å²) in [5.41, 5.74) is -1.29. The first-order valence-electron chi connectivity index (χ1n) is 9.08. The SMILES string of the molecule is C=CCC(O)(CC=C)C1CCC(NC(=O)OC(C)(C)C)C1.CC(C)(O)O. The Kier molecular flexibility index (Phi) is 9.56. The van der Waals surface area contributed by atoms with Gasteiger partial charge in [-0.15, -0.1) is 13.2 Å². The van der Waals surface area contributed by atoms with E-state index < -0.39 is 17.0 Å². The van der Waals surface area contributed by atoms with Crippen LogP contribution in [0.25, 0.3) is 0 Å². The quantitative estimate of drug-likeness (QED) is 0.424. The molecule has 1 amide bonds. The van der Waals surface area contributed by atoms with Crippen LogP contribution < -0.4 is 5.32 Å². The molecule has 0 saturated heterocycles. The second-order valence-corrected chi connectivity index (χ2v) is 8.44. The summed E-state index contributed by atoms with van der Waals surface area (Å²) in [5.74, 6) is -1.35. The molecule has 0 aromatic carbocycles. The molecule has 0 aromatic rings. The van der Waals surface area contributed by atoms with E-state index >= 15 is 0 Å². The van der Waals surface area contributed by atoms with Crippen LogP contribution in [0.4, 0.5) is 4.79 Å². The Morgan fingerprint density at radius 3 is 1.92 bits per heavy atom. The number of carbonyl (C=O) groups is 1. The highest BCUT2D eigenvalue weighted by molar-refractivity contribution is 5.68. The summed E-state index contributed by atoms with van der Waals surface area (Å²) in [6.07, 6.45) is 6.71. The lowest BCUT2D eigenvalue weighted by Crippen LogP contribution is -2.40. The van der Waals surface area contributed by atoms with Crippen molar-refractivity contribution < 1.29 is 24.9 Å². The third kappa shape index (κ3) is 11.3. The van der Waals surface area contributed by atoms with E-state index in [4.69, 9.17) is 14.9 Å². The van der Waals surface area contributed by atoms with Gasteiger partial charge in [0.1, 0.15) is 5.60 Å². The Bertz CT molecular complexity index is 446. The molecule has 152 valence electrons. The maximum Gasteiger partial charge on any atom is 0.407 e. The molecule has 4 N–H and O–H groups in total. The fourth-order valence-electron chi connectivity index (χ4n) is 2.99. The van der Waals surface area contributed by atoms with Gasteiger partial charge in [-0.25, -0.2) is 4.79 Å². The highest BCUT2D eigenvalue weighted by Gasteiger charge is 2.40. The van der Waals surface area contributed by atoms with Gasteiger partial charge in [0.15, 0.2) is 5.79 Å². The second kappa shape index (κ2) is 10.1. The van der Waals surface area contributed by atoms with E-state index in [0.29, 0.717) is 12.8 Å². The van der Waals surface area contributed by atoms with Gasteiger partial charge in [0.25, 0.3) is 0 Å². The van der Waals surface area contributed by atoms with Crippen molar-refractivity contribution in [2.45, 2.75) is 89.8 Å². The molecule has 1 fully saturated rings. The van der Waals surface area contributed by atoms with Gasteiger partial charge in [0.05, 0.1) is 5.60 Å². The van der Waals surface area contributed by atoms with Crippen molar-refractivity contribution in [2.24, 2.45) is 5.92 Å². The van der Waals surface area contributed by atoms with Crippen molar-refractivity contribution in [3.05, 3.63) is 25.3 Å². The van der Waals surface area contributed by atoms with Crippen LogP contribution in [0.3, 0.4) is 0 Å². The molecule has 0 aromatic heterocycles. The van der Waals surface area contributed by atoms with Gasteiger partial charge in [-0.05, 0) is 72.6 Å². The molecule has 2 unspecified atom stereocenters. The van der Waals surface area contributed by atoms with E-state index in [1.165, 1.54) is 13.8 Å². The number of hydrogen-bond donors (Lipinski definition) is 4. The molecule has 26 heavy (non-hydrogen) atoms. The Morgan fingerprint density at radius 1 is 1.08 bits per heavy atom. The highest BCUT2D eigenvalue weighted by atomic mass is 16.6. The highest BCUT2D eigenvalue weighted by Crippen LogP contribution is 2.38. The van der Waals surface area contributed by atoms with Crippen LogP contribution in [0.15, 0.2) is 25.3 Å². The van der Waals surface area contributed by atoms with Gasteiger partial charge in [-0.2, -0.15) is 0 Å². The Hall–Kier alpha value is -1.37. The minimum atomic E-state index is -1.50. The lowest BCUT2D eigenvalue weighted by atomic mass is 9.80. The number of ether oxygens (including phenoxy) is 1. The van der Waals surface area contributed by atoms with Crippen LogP contribution in [0.2, 0.25) is 0 Å². The second-order valence-electron chi connectivity index (χ2n) is 8.44. The fraction of sp³-hybridized carbons (Fsp3) is 0.750. The molecule has 2 atom stereocenters. The summed E-state index contributed by atoms with van der Waals surface area (Å²) in [4.78, 5) is 11.8. The summed E-state index contributed by atoms with van der Waals surface area (Å²) in [7, 11) is 0. The zero-order valence-corrected chi connectivity index (χ0v) is 16.9. The van der Waals surface area contributed by atoms with Crippen LogP contribution in [-0.2, 0) is 4.74 Å². The number of carbonyl (C=O) groups excluding carboxylic acids is 1. The molecule has 6 heteroatoms. The Balaban J connectivity index is 0.00000110. The Morgan fingerprint density at radius 2 is 1.54 bits per heavy atom. The third-order valence-electron chi connectivity index (χ3n) is 3.91. The van der Waals surface area contributed by atoms with Crippen LogP contribution in [0.5, 0.6) is 0 Å². The maximum atomic E-state index is 11.8. The van der Waals surface area contributed by atoms with E-state index in [0.717, 1.165) is 19.3 Å². The minimum absolute atomic E-state index is 0.0611. The minimum Gasteiger partial charge on any atom is -0.444 e. The smallest absolute Gasteiger partial charge is 0.407 e. The van der Waals surface area contributed by atoms with E-state index in [2.05, 4.69) is 18.5 Å². The lowest BCUT2D eigenvalue weighted by Gasteiger charge is -2.32. The fourth-order valence-corrected chi connectivity index (χ4v) is 2.99. The first kappa shape index (κ1) is 24.6. The summed E-state index contributed by atoms with van der Waals surface area (Å²) in [6, 6.07) is 0.0611. The van der Waals surface area contributed by atoms with Crippen molar-refractivity contribution >= 4 is 6.09 Å². The number of aliphatic hydroxyl groups is 3. The van der Waals surface area contributed by atoms with Crippen molar-refractivity contribution in [1.29, 1.82) is 0 Å². The third-order valence-corrected chi connectivity index (χ3v) is 3.91. The van der Waals surface area contributed by atoms with Gasteiger partial charge in [0.2, 0.25) is 0 Å². The van der Waals surface area contributed by atoms with E-state index in [-0.39, 0.29) is 18.1 Å². The normalized spacial score (nSPS) is 20.6. The number of nitrogens with one attached hydrogen (secondary N) is 1. The Labute approximate surface area is 158 Å². The average Bonchev–Trinajstić information content (AvgIpc) is 2.84. The van der Waals surface area contributed by atoms with E-state index in [1.807, 2.05) is 20.8 Å². The summed E-state index contributed by atoms with van der Waals surface area (Å²) < 4.78 is 5.27. The zero-order valence-electron chi connectivity index (χ0n) is 16.9. The molecule has 1 aliphatic carbocycles. The van der Waals surface area contributed by atoms with Gasteiger partial charge in [-0.3, -0.25) is 0 Å². The van der Waals surface area contributed by atoms with Gasteiger partial charge in [-0.1, -0.05) is 12.2 Å². The molecule has 6 nitrogen and oxygen atoms in total. The standard InChI is InChI=1S/C17H29NO3.C3H8O2/c1-6-10-17(20,11-7-2)13-8-9-14(12-13)18-15(19)21-16(3,4)5;1-3(2,4)5/h6-7,13-14,20H,1-2,8-12H2,3-5H3,(H,18,19);4-5H,1-2H3. The number of amides is 1. The largest absolute Gasteiger partial charge is 0.444 e. The topological polar surface area (TPSA) is 99.0 Å². The number of hydrogen-bond acceptors (Lipinski definition) is 5. The van der Waals surface area contributed by atoms with Gasteiger partial charge < -0.3 is 25.4 Å². The summed E-state index contributed by atoms with van der Waals surface area (Å²) >= 11 is 0. The molecule has 0 heterocycles. The number of alkyl carbamates (subject to hydrolysis) is 1. The number of rotatable bonds is 6. The van der Waals surface area contributed by atoms with Crippen molar-refractivity contribution in [2.75, 3.05) is 0 Å². The zero-order chi connectivity index (χ0) is 20.6. The van der Waals surface area contributed by atoms with E-state index in [9.17, 15) is 9.90 Å². The van der Waals surface area contributed by atoms with Crippen molar-refractivity contribution in [3.8, 4) is 0 Å². The first-order chi connectivity index (χ1) is 11.7. The van der Waals surface area contributed by atoms with Crippen molar-refractivity contribution in [1.82, 2.24) is 5.32 Å². The first-order valence-corrected chi connectivity index (χ1v) is 9.08. The van der Waals surface area contributed by atoms with Gasteiger partial charge >= 0.3 is 6.09 Å². The molecule has 0 spiro atoms. The molecule has 1 saturated carbocycles. The van der Waals surface area contributed by atoms with Crippen molar-refractivity contribution in [3.63, 3.8) is 0 Å². The summed E-state index contributed by atoms with van der Waals surface area (Å²) in [5, 5.41) is 29.8. The predicted octanol–water partition coefficient (Wildman–Crippen LogP) is 3.27. The average molecular weight is 372 g/mol. The summed E-state index contributed by atoms with van der Waals surface area (Å²) in [6.45, 7) is 15.6. The molecule has 1 rings (SSSR count). The van der Waals surface area contributed by atoms with Gasteiger partial charge in [0, 0.05) is 6.04 Å². The molecule has 0 bridgehead atoms. The molecule has 1 aliphatic rings. The molecule has 0 radical (unpaired) electrons.